The van der Waals surface area contributed by atoms with E-state index in [0.29, 0.717) is 11.1 Å². The molecule has 0 fully saturated rings. The zero-order valence-electron chi connectivity index (χ0n) is 19.5. The van der Waals surface area contributed by atoms with Crippen molar-refractivity contribution in [3.05, 3.63) is 65.7 Å². The number of hydrazone groups is 2. The van der Waals surface area contributed by atoms with Gasteiger partial charge in [-0.05, 0) is 36.6 Å². The SMILES string of the molecule is CN(C)c1ccc(C(=N\NC(=S)NCC(F)(F)F)/C(=N/NC(=S)NCC(F)(F)F)c2ccccc2)cc1. The van der Waals surface area contributed by atoms with Crippen molar-refractivity contribution in [3.63, 3.8) is 0 Å². The van der Waals surface area contributed by atoms with Gasteiger partial charge in [-0.2, -0.15) is 36.5 Å². The van der Waals surface area contributed by atoms with Crippen molar-refractivity contribution in [1.82, 2.24) is 21.5 Å². The second-order valence-corrected chi connectivity index (χ2v) is 8.36. The molecule has 200 valence electrons. The topological polar surface area (TPSA) is 76.1 Å². The highest BCUT2D eigenvalue weighted by Crippen LogP contribution is 2.16. The number of benzene rings is 2. The highest BCUT2D eigenvalue weighted by Gasteiger charge is 2.28. The second-order valence-electron chi connectivity index (χ2n) is 7.55. The highest BCUT2D eigenvalue weighted by molar-refractivity contribution is 7.80. The Labute approximate surface area is 220 Å². The normalized spacial score (nSPS) is 12.5. The Morgan fingerprint density at radius 3 is 1.49 bits per heavy atom. The third-order valence-corrected chi connectivity index (χ3v) is 4.84. The first-order valence-electron chi connectivity index (χ1n) is 10.5. The summed E-state index contributed by atoms with van der Waals surface area (Å²) in [6, 6.07) is 15.4. The number of hydrogen-bond acceptors (Lipinski definition) is 5. The lowest BCUT2D eigenvalue weighted by Gasteiger charge is -2.16. The van der Waals surface area contributed by atoms with Gasteiger partial charge in [0.05, 0.1) is 0 Å². The fourth-order valence-corrected chi connectivity index (χ4v) is 2.91. The third-order valence-electron chi connectivity index (χ3n) is 4.37. The fourth-order valence-electron chi connectivity index (χ4n) is 2.68. The predicted molar refractivity (Wildman–Crippen MR) is 140 cm³/mol. The number of rotatable bonds is 8. The van der Waals surface area contributed by atoms with Crippen LogP contribution in [0.2, 0.25) is 0 Å². The lowest BCUT2D eigenvalue weighted by molar-refractivity contribution is -0.122. The first-order chi connectivity index (χ1) is 17.2. The van der Waals surface area contributed by atoms with Crippen LogP contribution in [0.3, 0.4) is 0 Å². The summed E-state index contributed by atoms with van der Waals surface area (Å²) in [5, 5.41) is 11.5. The van der Waals surface area contributed by atoms with Gasteiger partial charge >= 0.3 is 12.4 Å². The Bertz CT molecular complexity index is 1120. The minimum atomic E-state index is -4.50. The molecule has 0 aliphatic heterocycles. The lowest BCUT2D eigenvalue weighted by Crippen LogP contribution is -2.40. The van der Waals surface area contributed by atoms with E-state index in [1.807, 2.05) is 29.6 Å². The average Bonchev–Trinajstić information content (AvgIpc) is 2.83. The van der Waals surface area contributed by atoms with E-state index in [-0.39, 0.29) is 11.4 Å². The molecule has 15 heteroatoms. The molecule has 4 N–H and O–H groups in total. The summed E-state index contributed by atoms with van der Waals surface area (Å²) in [6.45, 7) is -2.75. The van der Waals surface area contributed by atoms with Crippen molar-refractivity contribution in [1.29, 1.82) is 0 Å². The monoisotopic (exact) mass is 563 g/mol. The molecular weight excluding hydrogens is 540 g/mol. The van der Waals surface area contributed by atoms with Crippen molar-refractivity contribution in [3.8, 4) is 0 Å². The van der Waals surface area contributed by atoms with Crippen molar-refractivity contribution >= 4 is 51.8 Å². The van der Waals surface area contributed by atoms with E-state index in [4.69, 9.17) is 24.4 Å². The summed E-state index contributed by atoms with van der Waals surface area (Å²) < 4.78 is 75.2. The zero-order chi connectivity index (χ0) is 27.6. The number of anilines is 1. The molecule has 0 atom stereocenters. The number of halogens is 6. The zero-order valence-corrected chi connectivity index (χ0v) is 21.2. The molecule has 2 aromatic rings. The summed E-state index contributed by atoms with van der Waals surface area (Å²) in [4.78, 5) is 1.85. The molecule has 0 bridgehead atoms. The Morgan fingerprint density at radius 2 is 1.11 bits per heavy atom. The van der Waals surface area contributed by atoms with Gasteiger partial charge in [-0.3, -0.25) is 10.9 Å². The van der Waals surface area contributed by atoms with Gasteiger partial charge in [0, 0.05) is 30.9 Å². The van der Waals surface area contributed by atoms with Crippen LogP contribution in [0.15, 0.2) is 64.8 Å². The molecule has 0 aromatic heterocycles. The van der Waals surface area contributed by atoms with E-state index < -0.39 is 35.7 Å². The number of nitrogens with zero attached hydrogens (tertiary/aromatic N) is 3. The standard InChI is InChI=1S/C22H23F6N7S2/c1-35(2)16-10-8-15(9-11-16)18(32-34-20(37)30-13-22(26,27)28)17(14-6-4-3-5-7-14)31-33-19(36)29-12-21(23,24)25/h3-11H,12-13H2,1-2H3,(H2,29,33,36)(H2,30,34,37)/b31-17+,32-18+. The average molecular weight is 564 g/mol. The second kappa shape index (κ2) is 13.2. The van der Waals surface area contributed by atoms with Crippen molar-refractivity contribution in [2.24, 2.45) is 10.2 Å². The van der Waals surface area contributed by atoms with Crippen molar-refractivity contribution in [2.75, 3.05) is 32.1 Å². The van der Waals surface area contributed by atoms with Gasteiger partial charge < -0.3 is 15.5 Å². The van der Waals surface area contributed by atoms with Crippen LogP contribution >= 0.6 is 24.4 Å². The maximum atomic E-state index is 12.5. The molecule has 0 amide bonds. The molecule has 0 saturated carbocycles. The summed E-state index contributed by atoms with van der Waals surface area (Å²) in [6.07, 6.45) is -9.00. The van der Waals surface area contributed by atoms with Gasteiger partial charge in [-0.25, -0.2) is 0 Å². The quantitative estimate of drug-likeness (QED) is 0.168. The van der Waals surface area contributed by atoms with E-state index in [0.717, 1.165) is 5.69 Å². The summed E-state index contributed by atoms with van der Waals surface area (Å²) in [5.41, 5.74) is 6.80. The fraction of sp³-hybridized carbons (Fsp3) is 0.273. The van der Waals surface area contributed by atoms with Crippen LogP contribution in [0.5, 0.6) is 0 Å². The Hall–Kier alpha value is -3.46. The Balaban J connectivity index is 2.47. The maximum absolute atomic E-state index is 12.5. The molecular formula is C22H23F6N7S2. The molecule has 0 aliphatic rings. The smallest absolute Gasteiger partial charge is 0.378 e. The minimum Gasteiger partial charge on any atom is -0.378 e. The van der Waals surface area contributed by atoms with E-state index in [1.165, 1.54) is 0 Å². The Kier molecular flexibility index (Phi) is 10.6. The highest BCUT2D eigenvalue weighted by atomic mass is 32.1. The number of hydrogen-bond donors (Lipinski definition) is 4. The predicted octanol–water partition coefficient (Wildman–Crippen LogP) is 3.91. The van der Waals surface area contributed by atoms with Gasteiger partial charge in [-0.1, -0.05) is 42.5 Å². The van der Waals surface area contributed by atoms with Crippen LogP contribution in [-0.2, 0) is 0 Å². The molecule has 0 unspecified atom stereocenters. The van der Waals surface area contributed by atoms with E-state index in [1.54, 1.807) is 54.6 Å². The van der Waals surface area contributed by atoms with E-state index in [2.05, 4.69) is 21.1 Å². The first kappa shape index (κ1) is 29.8. The van der Waals surface area contributed by atoms with Crippen LogP contribution in [-0.4, -0.2) is 61.2 Å². The van der Waals surface area contributed by atoms with Gasteiger partial charge in [0.25, 0.3) is 0 Å². The van der Waals surface area contributed by atoms with Gasteiger partial charge in [0.2, 0.25) is 0 Å². The summed E-state index contributed by atoms with van der Waals surface area (Å²) in [5.74, 6) is 0. The Morgan fingerprint density at radius 1 is 0.703 bits per heavy atom. The molecule has 0 spiro atoms. The molecule has 37 heavy (non-hydrogen) atoms. The first-order valence-corrected chi connectivity index (χ1v) is 11.3. The third kappa shape index (κ3) is 11.0. The number of nitrogens with one attached hydrogen (secondary N) is 4. The van der Waals surface area contributed by atoms with Crippen LogP contribution in [0.4, 0.5) is 32.0 Å². The lowest BCUT2D eigenvalue weighted by atomic mass is 9.99. The van der Waals surface area contributed by atoms with E-state index in [9.17, 15) is 26.3 Å². The van der Waals surface area contributed by atoms with Crippen LogP contribution in [0, 0.1) is 0 Å². The summed E-state index contributed by atoms with van der Waals surface area (Å²) >= 11 is 9.78. The van der Waals surface area contributed by atoms with Gasteiger partial charge in [0.15, 0.2) is 10.2 Å². The van der Waals surface area contributed by atoms with Gasteiger partial charge in [-0.15, -0.1) is 0 Å². The number of alkyl halides is 6. The van der Waals surface area contributed by atoms with Crippen LogP contribution in [0.25, 0.3) is 0 Å². The largest absolute Gasteiger partial charge is 0.405 e. The molecule has 0 aliphatic carbocycles. The molecule has 0 heterocycles. The molecule has 2 aromatic carbocycles. The van der Waals surface area contributed by atoms with Crippen molar-refractivity contribution in [2.45, 2.75) is 12.4 Å². The van der Waals surface area contributed by atoms with Crippen molar-refractivity contribution < 1.29 is 26.3 Å². The maximum Gasteiger partial charge on any atom is 0.405 e. The summed E-state index contributed by atoms with van der Waals surface area (Å²) in [7, 11) is 3.68. The molecule has 0 saturated heterocycles. The molecule has 2 rings (SSSR count). The molecule has 0 radical (unpaired) electrons. The molecule has 7 nitrogen and oxygen atoms in total. The van der Waals surface area contributed by atoms with Crippen LogP contribution < -0.4 is 26.4 Å². The van der Waals surface area contributed by atoms with Gasteiger partial charge in [0.1, 0.15) is 24.5 Å². The minimum absolute atomic E-state index is 0.124. The number of thiocarbonyl (C=S) groups is 2. The van der Waals surface area contributed by atoms with Crippen LogP contribution in [0.1, 0.15) is 11.1 Å². The van der Waals surface area contributed by atoms with E-state index >= 15 is 0 Å².